The van der Waals surface area contributed by atoms with Crippen LogP contribution in [-0.2, 0) is 0 Å². The Kier molecular flexibility index (Phi) is 9.87. The molecule has 0 amide bonds. The minimum Gasteiger partial charge on any atom is -0.367 e. The maximum Gasteiger partial charge on any atom is 0.164 e. The first kappa shape index (κ1) is 12.9. The van der Waals surface area contributed by atoms with Crippen molar-refractivity contribution in [3.05, 3.63) is 0 Å². The molecule has 0 fully saturated rings. The minimum atomic E-state index is -1.21. The molecule has 3 N–H and O–H groups in total. The third-order valence-electron chi connectivity index (χ3n) is 2.03. The van der Waals surface area contributed by atoms with Crippen LogP contribution in [0, 0.1) is 0 Å². The Balaban J connectivity index is 2.84. The van der Waals surface area contributed by atoms with Gasteiger partial charge in [0.05, 0.1) is 0 Å². The van der Waals surface area contributed by atoms with Crippen LogP contribution in [0.25, 0.3) is 0 Å². The van der Waals surface area contributed by atoms with E-state index in [0.717, 1.165) is 13.0 Å². The molecule has 3 heteroatoms. The van der Waals surface area contributed by atoms with E-state index in [9.17, 15) is 0 Å². The van der Waals surface area contributed by atoms with Crippen LogP contribution < -0.4 is 5.32 Å². The maximum atomic E-state index is 8.52. The first-order valence-corrected chi connectivity index (χ1v) is 5.34. The van der Waals surface area contributed by atoms with E-state index in [4.69, 9.17) is 10.2 Å². The second-order valence-electron chi connectivity index (χ2n) is 3.45. The molecule has 0 aliphatic heterocycles. The van der Waals surface area contributed by atoms with Crippen molar-refractivity contribution in [3.63, 3.8) is 0 Å². The lowest BCUT2D eigenvalue weighted by Crippen LogP contribution is -2.26. The molecular formula is C10H23NO2. The molecule has 0 aromatic heterocycles. The van der Waals surface area contributed by atoms with Gasteiger partial charge in [-0.05, 0) is 13.0 Å². The lowest BCUT2D eigenvalue weighted by atomic mass is 10.1. The average molecular weight is 189 g/mol. The van der Waals surface area contributed by atoms with Crippen molar-refractivity contribution in [2.75, 3.05) is 13.1 Å². The molecule has 0 spiro atoms. The predicted octanol–water partition coefficient (Wildman–Crippen LogP) is 1.25. The van der Waals surface area contributed by atoms with Gasteiger partial charge in [-0.2, -0.15) is 0 Å². The van der Waals surface area contributed by atoms with Crippen molar-refractivity contribution >= 4 is 0 Å². The van der Waals surface area contributed by atoms with Gasteiger partial charge in [-0.1, -0.05) is 39.0 Å². The second kappa shape index (κ2) is 9.96. The number of rotatable bonds is 9. The summed E-state index contributed by atoms with van der Waals surface area (Å²) in [5, 5.41) is 20.0. The van der Waals surface area contributed by atoms with Crippen molar-refractivity contribution in [1.29, 1.82) is 0 Å². The number of hydrogen-bond donors (Lipinski definition) is 3. The fraction of sp³-hybridized carbons (Fsp3) is 1.00. The Hall–Kier alpha value is -0.120. The lowest BCUT2D eigenvalue weighted by Gasteiger charge is -2.05. The Bertz CT molecular complexity index is 96.9. The quantitative estimate of drug-likeness (QED) is 0.378. The molecule has 0 bridgehead atoms. The molecule has 0 aliphatic rings. The lowest BCUT2D eigenvalue weighted by molar-refractivity contribution is -0.0370. The smallest absolute Gasteiger partial charge is 0.164 e. The number of unbranched alkanes of at least 4 members (excludes halogenated alkanes) is 5. The normalized spacial score (nSPS) is 11.1. The Labute approximate surface area is 81.2 Å². The van der Waals surface area contributed by atoms with Gasteiger partial charge in [0.15, 0.2) is 6.29 Å². The van der Waals surface area contributed by atoms with Crippen molar-refractivity contribution in [3.8, 4) is 0 Å². The fourth-order valence-electron chi connectivity index (χ4n) is 1.26. The minimum absolute atomic E-state index is 0.287. The van der Waals surface area contributed by atoms with E-state index in [2.05, 4.69) is 12.2 Å². The summed E-state index contributed by atoms with van der Waals surface area (Å²) in [5.41, 5.74) is 0. The average Bonchev–Trinajstić information content (AvgIpc) is 2.09. The van der Waals surface area contributed by atoms with Gasteiger partial charge in [-0.25, -0.2) is 0 Å². The fourth-order valence-corrected chi connectivity index (χ4v) is 1.26. The van der Waals surface area contributed by atoms with E-state index >= 15 is 0 Å². The number of aliphatic hydroxyl groups is 2. The van der Waals surface area contributed by atoms with Gasteiger partial charge in [-0.3, -0.25) is 0 Å². The van der Waals surface area contributed by atoms with E-state index in [1.165, 1.54) is 32.1 Å². The van der Waals surface area contributed by atoms with E-state index in [1.807, 2.05) is 0 Å². The highest BCUT2D eigenvalue weighted by atomic mass is 16.5. The topological polar surface area (TPSA) is 52.5 Å². The number of hydrogen-bond acceptors (Lipinski definition) is 3. The highest BCUT2D eigenvalue weighted by molar-refractivity contribution is 4.50. The Morgan fingerprint density at radius 2 is 1.62 bits per heavy atom. The van der Waals surface area contributed by atoms with Gasteiger partial charge >= 0.3 is 0 Å². The molecule has 0 rings (SSSR count). The molecule has 0 radical (unpaired) electrons. The molecule has 0 unspecified atom stereocenters. The maximum absolute atomic E-state index is 8.52. The second-order valence-corrected chi connectivity index (χ2v) is 3.45. The molecular weight excluding hydrogens is 166 g/mol. The standard InChI is InChI=1S/C10H23NO2/c1-2-3-4-5-6-7-8-11-9-10(12)13/h10-13H,2-9H2,1H3. The molecule has 0 atom stereocenters. The van der Waals surface area contributed by atoms with Gasteiger partial charge in [0.1, 0.15) is 0 Å². The van der Waals surface area contributed by atoms with Gasteiger partial charge in [0, 0.05) is 6.54 Å². The summed E-state index contributed by atoms with van der Waals surface area (Å²) in [6.07, 6.45) is 6.43. The Morgan fingerprint density at radius 3 is 2.23 bits per heavy atom. The van der Waals surface area contributed by atoms with E-state index in [1.54, 1.807) is 0 Å². The molecule has 13 heavy (non-hydrogen) atoms. The molecule has 3 nitrogen and oxygen atoms in total. The third kappa shape index (κ3) is 11.9. The summed E-state index contributed by atoms with van der Waals surface area (Å²) in [5.74, 6) is 0. The van der Waals surface area contributed by atoms with E-state index in [-0.39, 0.29) is 6.54 Å². The number of nitrogens with one attached hydrogen (secondary N) is 1. The van der Waals surface area contributed by atoms with E-state index < -0.39 is 6.29 Å². The largest absolute Gasteiger partial charge is 0.367 e. The van der Waals surface area contributed by atoms with Crippen molar-refractivity contribution in [2.45, 2.75) is 51.7 Å². The highest BCUT2D eigenvalue weighted by Gasteiger charge is 1.94. The van der Waals surface area contributed by atoms with Gasteiger partial charge in [-0.15, -0.1) is 0 Å². The van der Waals surface area contributed by atoms with Gasteiger partial charge in [0.2, 0.25) is 0 Å². The van der Waals surface area contributed by atoms with Crippen LogP contribution in [0.3, 0.4) is 0 Å². The monoisotopic (exact) mass is 189 g/mol. The number of aliphatic hydroxyl groups excluding tert-OH is 1. The van der Waals surface area contributed by atoms with Crippen LogP contribution in [0.2, 0.25) is 0 Å². The summed E-state index contributed by atoms with van der Waals surface area (Å²) in [6, 6.07) is 0. The molecule has 0 saturated heterocycles. The zero-order valence-electron chi connectivity index (χ0n) is 8.63. The predicted molar refractivity (Wildman–Crippen MR) is 54.5 cm³/mol. The first-order chi connectivity index (χ1) is 6.27. The van der Waals surface area contributed by atoms with Crippen LogP contribution >= 0.6 is 0 Å². The first-order valence-electron chi connectivity index (χ1n) is 5.34. The molecule has 0 aliphatic carbocycles. The summed E-state index contributed by atoms with van der Waals surface area (Å²) in [4.78, 5) is 0. The van der Waals surface area contributed by atoms with E-state index in [0.29, 0.717) is 0 Å². The zero-order chi connectivity index (χ0) is 9.94. The van der Waals surface area contributed by atoms with Gasteiger partial charge < -0.3 is 15.5 Å². The third-order valence-corrected chi connectivity index (χ3v) is 2.03. The molecule has 0 heterocycles. The van der Waals surface area contributed by atoms with Crippen LogP contribution in [0.15, 0.2) is 0 Å². The van der Waals surface area contributed by atoms with Crippen molar-refractivity contribution in [2.24, 2.45) is 0 Å². The molecule has 80 valence electrons. The summed E-state index contributed by atoms with van der Waals surface area (Å²) >= 11 is 0. The Morgan fingerprint density at radius 1 is 1.00 bits per heavy atom. The molecule has 0 aromatic carbocycles. The van der Waals surface area contributed by atoms with Crippen LogP contribution in [0.1, 0.15) is 45.4 Å². The van der Waals surface area contributed by atoms with Gasteiger partial charge in [0.25, 0.3) is 0 Å². The SMILES string of the molecule is CCCCCCCCNCC(O)O. The summed E-state index contributed by atoms with van der Waals surface area (Å²) in [7, 11) is 0. The highest BCUT2D eigenvalue weighted by Crippen LogP contribution is 2.03. The molecule has 0 saturated carbocycles. The van der Waals surface area contributed by atoms with Crippen LogP contribution in [0.5, 0.6) is 0 Å². The van der Waals surface area contributed by atoms with Crippen molar-refractivity contribution < 1.29 is 10.2 Å². The summed E-state index contributed by atoms with van der Waals surface area (Å²) in [6.45, 7) is 3.39. The zero-order valence-corrected chi connectivity index (χ0v) is 8.63. The summed E-state index contributed by atoms with van der Waals surface area (Å²) < 4.78 is 0. The molecule has 0 aromatic rings. The van der Waals surface area contributed by atoms with Crippen LogP contribution in [-0.4, -0.2) is 29.6 Å². The van der Waals surface area contributed by atoms with Crippen LogP contribution in [0.4, 0.5) is 0 Å². The van der Waals surface area contributed by atoms with Crippen molar-refractivity contribution in [1.82, 2.24) is 5.32 Å².